The van der Waals surface area contributed by atoms with Gasteiger partial charge < -0.3 is 4.98 Å². The Morgan fingerprint density at radius 2 is 1.96 bits per heavy atom. The summed E-state index contributed by atoms with van der Waals surface area (Å²) in [6.45, 7) is 0. The molecule has 0 radical (unpaired) electrons. The van der Waals surface area contributed by atoms with E-state index in [1.54, 1.807) is 17.4 Å². The van der Waals surface area contributed by atoms with Gasteiger partial charge in [0, 0.05) is 15.0 Å². The number of para-hydroxylation sites is 2. The van der Waals surface area contributed by atoms with Gasteiger partial charge in [0.05, 0.1) is 21.6 Å². The molecule has 4 rings (SSSR count). The van der Waals surface area contributed by atoms with Crippen LogP contribution in [-0.4, -0.2) is 9.97 Å². The second-order valence-corrected chi connectivity index (χ2v) is 6.51. The fourth-order valence-electron chi connectivity index (χ4n) is 2.49. The van der Waals surface area contributed by atoms with Crippen LogP contribution in [0.3, 0.4) is 0 Å². The van der Waals surface area contributed by atoms with E-state index in [1.165, 1.54) is 0 Å². The number of hydrogen-bond donors (Lipinski definition) is 1. The highest BCUT2D eigenvalue weighted by molar-refractivity contribution is 7.20. The van der Waals surface area contributed by atoms with Crippen LogP contribution in [0.25, 0.3) is 32.8 Å². The van der Waals surface area contributed by atoms with Crippen molar-refractivity contribution >= 4 is 55.7 Å². The smallest absolute Gasteiger partial charge is 0.149 e. The fourth-order valence-corrected chi connectivity index (χ4v) is 3.92. The molecule has 0 amide bonds. The Balaban J connectivity index is 1.86. The van der Waals surface area contributed by atoms with Crippen molar-refractivity contribution in [1.29, 1.82) is 5.26 Å². The Morgan fingerprint density at radius 1 is 1.17 bits per heavy atom. The summed E-state index contributed by atoms with van der Waals surface area (Å²) in [4.78, 5) is 8.52. The molecular formula is C18H10ClN3S. The molecule has 0 saturated heterocycles. The van der Waals surface area contributed by atoms with Gasteiger partial charge in [0.2, 0.25) is 0 Å². The van der Waals surface area contributed by atoms with Crippen molar-refractivity contribution < 1.29 is 0 Å². The van der Waals surface area contributed by atoms with E-state index in [0.29, 0.717) is 16.4 Å². The first-order valence-corrected chi connectivity index (χ1v) is 8.19. The average molecular weight is 336 g/mol. The summed E-state index contributed by atoms with van der Waals surface area (Å²) in [5.74, 6) is 0.558. The van der Waals surface area contributed by atoms with Crippen LogP contribution in [0.5, 0.6) is 0 Å². The molecular weight excluding hydrogens is 326 g/mol. The van der Waals surface area contributed by atoms with Gasteiger partial charge in [0.25, 0.3) is 0 Å². The highest BCUT2D eigenvalue weighted by atomic mass is 35.5. The first-order chi connectivity index (χ1) is 11.3. The number of hydrogen-bond acceptors (Lipinski definition) is 3. The Kier molecular flexibility index (Phi) is 3.38. The van der Waals surface area contributed by atoms with Crippen molar-refractivity contribution in [2.24, 2.45) is 0 Å². The minimum Gasteiger partial charge on any atom is -0.337 e. The van der Waals surface area contributed by atoms with Gasteiger partial charge >= 0.3 is 0 Å². The number of H-pyrrole nitrogens is 1. The van der Waals surface area contributed by atoms with Crippen LogP contribution in [0.15, 0.2) is 48.5 Å². The van der Waals surface area contributed by atoms with E-state index >= 15 is 0 Å². The predicted octanol–water partition coefficient (Wildman–Crippen LogP) is 5.50. The van der Waals surface area contributed by atoms with Gasteiger partial charge in [0.1, 0.15) is 11.9 Å². The van der Waals surface area contributed by atoms with E-state index in [4.69, 9.17) is 11.6 Å². The number of rotatable bonds is 2. The second-order valence-electron chi connectivity index (χ2n) is 5.05. The molecule has 0 atom stereocenters. The summed E-state index contributed by atoms with van der Waals surface area (Å²) < 4.78 is 1.10. The Morgan fingerprint density at radius 3 is 2.74 bits per heavy atom. The number of nitriles is 1. The summed E-state index contributed by atoms with van der Waals surface area (Å²) in [7, 11) is 0. The number of fused-ring (bicyclic) bond motifs is 2. The number of nitrogens with zero attached hydrogens (tertiary/aromatic N) is 2. The molecule has 0 bridgehead atoms. The fraction of sp³-hybridized carbons (Fsp3) is 0. The zero-order valence-corrected chi connectivity index (χ0v) is 13.4. The molecule has 2 aromatic carbocycles. The van der Waals surface area contributed by atoms with Gasteiger partial charge in [-0.1, -0.05) is 41.9 Å². The van der Waals surface area contributed by atoms with Crippen LogP contribution >= 0.6 is 22.9 Å². The molecule has 5 heteroatoms. The van der Waals surface area contributed by atoms with Crippen molar-refractivity contribution in [2.75, 3.05) is 0 Å². The topological polar surface area (TPSA) is 52.5 Å². The number of halogens is 1. The van der Waals surface area contributed by atoms with E-state index in [1.807, 2.05) is 48.5 Å². The second kappa shape index (κ2) is 5.54. The first-order valence-electron chi connectivity index (χ1n) is 7.00. The third-order valence-corrected chi connectivity index (χ3v) is 5.24. The normalized spacial score (nSPS) is 11.9. The third kappa shape index (κ3) is 2.40. The van der Waals surface area contributed by atoms with Gasteiger partial charge in [-0.15, -0.1) is 11.3 Å². The van der Waals surface area contributed by atoms with Crippen LogP contribution in [0.2, 0.25) is 5.02 Å². The molecule has 3 nitrogen and oxygen atoms in total. The predicted molar refractivity (Wildman–Crippen MR) is 96.4 cm³/mol. The van der Waals surface area contributed by atoms with Crippen LogP contribution < -0.4 is 0 Å². The quantitative estimate of drug-likeness (QED) is 0.492. The molecule has 0 aliphatic carbocycles. The van der Waals surface area contributed by atoms with Crippen LogP contribution in [0.4, 0.5) is 0 Å². The molecule has 0 aliphatic rings. The summed E-state index contributed by atoms with van der Waals surface area (Å²) in [5.41, 5.74) is 2.21. The molecule has 2 heterocycles. The van der Waals surface area contributed by atoms with Gasteiger partial charge in [-0.3, -0.25) is 0 Å². The third-order valence-electron chi connectivity index (χ3n) is 3.60. The van der Waals surface area contributed by atoms with Crippen molar-refractivity contribution in [3.8, 4) is 6.07 Å². The van der Waals surface area contributed by atoms with Crippen LogP contribution in [0.1, 0.15) is 10.7 Å². The molecule has 4 aromatic rings. The summed E-state index contributed by atoms with van der Waals surface area (Å²) in [5, 5.41) is 11.2. The van der Waals surface area contributed by atoms with Crippen molar-refractivity contribution in [2.45, 2.75) is 0 Å². The number of benzene rings is 2. The lowest BCUT2D eigenvalue weighted by atomic mass is 10.2. The molecule has 0 unspecified atom stereocenters. The molecule has 0 spiro atoms. The van der Waals surface area contributed by atoms with Crippen molar-refractivity contribution in [1.82, 2.24) is 9.97 Å². The molecule has 110 valence electrons. The maximum atomic E-state index is 9.51. The zero-order valence-electron chi connectivity index (χ0n) is 11.9. The van der Waals surface area contributed by atoms with E-state index in [0.717, 1.165) is 26.0 Å². The molecule has 0 saturated carbocycles. The largest absolute Gasteiger partial charge is 0.337 e. The number of imidazole rings is 1. The zero-order chi connectivity index (χ0) is 15.8. The molecule has 0 fully saturated rings. The Bertz CT molecular complexity index is 1070. The van der Waals surface area contributed by atoms with E-state index in [-0.39, 0.29) is 0 Å². The Labute approximate surface area is 141 Å². The molecule has 23 heavy (non-hydrogen) atoms. The molecule has 1 N–H and O–H groups in total. The molecule has 0 aliphatic heterocycles. The average Bonchev–Trinajstić information content (AvgIpc) is 3.14. The first kappa shape index (κ1) is 14.0. The minimum absolute atomic E-state index is 0.467. The standard InChI is InChI=1S/C18H10ClN3S/c19-17-12-5-1-4-8-15(12)23-16(17)9-11(10-20)18-21-13-6-2-3-7-14(13)22-18/h1-9H,(H,21,22). The van der Waals surface area contributed by atoms with E-state index in [9.17, 15) is 5.26 Å². The number of aromatic nitrogens is 2. The lowest BCUT2D eigenvalue weighted by molar-refractivity contribution is 1.27. The summed E-state index contributed by atoms with van der Waals surface area (Å²) >= 11 is 8.02. The number of aromatic amines is 1. The van der Waals surface area contributed by atoms with Crippen molar-refractivity contribution in [3.05, 3.63) is 64.3 Å². The van der Waals surface area contributed by atoms with Gasteiger partial charge in [-0.05, 0) is 24.3 Å². The van der Waals surface area contributed by atoms with Crippen molar-refractivity contribution in [3.63, 3.8) is 0 Å². The lowest BCUT2D eigenvalue weighted by Gasteiger charge is -1.93. The highest BCUT2D eigenvalue weighted by Gasteiger charge is 2.12. The lowest BCUT2D eigenvalue weighted by Crippen LogP contribution is -1.84. The van der Waals surface area contributed by atoms with Crippen LogP contribution in [-0.2, 0) is 0 Å². The maximum Gasteiger partial charge on any atom is 0.149 e. The summed E-state index contributed by atoms with van der Waals surface area (Å²) in [6, 6.07) is 17.9. The number of allylic oxidation sites excluding steroid dienone is 1. The van der Waals surface area contributed by atoms with Gasteiger partial charge in [-0.25, -0.2) is 4.98 Å². The van der Waals surface area contributed by atoms with E-state index in [2.05, 4.69) is 16.0 Å². The number of nitrogens with one attached hydrogen (secondary N) is 1. The van der Waals surface area contributed by atoms with Crippen LogP contribution in [0, 0.1) is 11.3 Å². The minimum atomic E-state index is 0.467. The summed E-state index contributed by atoms with van der Waals surface area (Å²) in [6.07, 6.45) is 1.80. The monoisotopic (exact) mass is 335 g/mol. The van der Waals surface area contributed by atoms with Gasteiger partial charge in [0.15, 0.2) is 0 Å². The highest BCUT2D eigenvalue weighted by Crippen LogP contribution is 2.37. The SMILES string of the molecule is N#CC(=Cc1sc2ccccc2c1Cl)c1nc2ccccc2[nH]1. The maximum absolute atomic E-state index is 9.51. The number of thiophene rings is 1. The van der Waals surface area contributed by atoms with E-state index < -0.39 is 0 Å². The van der Waals surface area contributed by atoms with Gasteiger partial charge in [-0.2, -0.15) is 5.26 Å². The Hall–Kier alpha value is -2.61. The molecule has 2 aromatic heterocycles.